The second kappa shape index (κ2) is 7.51. The van der Waals surface area contributed by atoms with E-state index in [1.165, 1.54) is 17.3 Å². The molecule has 140 valence electrons. The number of nitrogens with one attached hydrogen (secondary N) is 1. The van der Waals surface area contributed by atoms with Gasteiger partial charge in [-0.25, -0.2) is 12.7 Å². The first-order valence-electron chi connectivity index (χ1n) is 7.70. The standard InChI is InChI=1S/C15H18ClF3N2O3S/c1-2-25(23,24)21-7-3-4-10(9-21)14(22)20-11-5-6-13(16)12(8-11)15(17,18)19/h5-6,8,10H,2-4,7,9H2,1H3,(H,20,22)/t10-/m0/s1. The van der Waals surface area contributed by atoms with Crippen molar-refractivity contribution in [3.8, 4) is 0 Å². The normalized spacial score (nSPS) is 19.6. The van der Waals surface area contributed by atoms with Gasteiger partial charge in [-0.05, 0) is 38.0 Å². The average Bonchev–Trinajstić information content (AvgIpc) is 2.55. The van der Waals surface area contributed by atoms with Crippen LogP contribution in [0.1, 0.15) is 25.3 Å². The summed E-state index contributed by atoms with van der Waals surface area (Å²) < 4.78 is 63.7. The van der Waals surface area contributed by atoms with Crippen molar-refractivity contribution >= 4 is 33.2 Å². The van der Waals surface area contributed by atoms with E-state index >= 15 is 0 Å². The topological polar surface area (TPSA) is 66.5 Å². The van der Waals surface area contributed by atoms with Gasteiger partial charge in [-0.2, -0.15) is 13.2 Å². The molecule has 0 spiro atoms. The van der Waals surface area contributed by atoms with Crippen LogP contribution >= 0.6 is 11.6 Å². The van der Waals surface area contributed by atoms with E-state index in [1.807, 2.05) is 0 Å². The van der Waals surface area contributed by atoms with Gasteiger partial charge in [-0.1, -0.05) is 11.6 Å². The van der Waals surface area contributed by atoms with E-state index in [-0.39, 0.29) is 18.0 Å². The van der Waals surface area contributed by atoms with E-state index in [0.29, 0.717) is 19.4 Å². The molecule has 10 heteroatoms. The molecular weight excluding hydrogens is 381 g/mol. The highest BCUT2D eigenvalue weighted by Gasteiger charge is 2.34. The van der Waals surface area contributed by atoms with Crippen molar-refractivity contribution in [2.75, 3.05) is 24.2 Å². The number of benzene rings is 1. The van der Waals surface area contributed by atoms with Crippen LogP contribution in [-0.2, 0) is 21.0 Å². The van der Waals surface area contributed by atoms with E-state index in [4.69, 9.17) is 11.6 Å². The highest BCUT2D eigenvalue weighted by atomic mass is 35.5. The van der Waals surface area contributed by atoms with Crippen LogP contribution in [0.25, 0.3) is 0 Å². The Hall–Kier alpha value is -1.32. The van der Waals surface area contributed by atoms with E-state index in [2.05, 4.69) is 5.32 Å². The van der Waals surface area contributed by atoms with Gasteiger partial charge in [0.25, 0.3) is 0 Å². The summed E-state index contributed by atoms with van der Waals surface area (Å²) >= 11 is 5.55. The zero-order chi connectivity index (χ0) is 18.8. The Morgan fingerprint density at radius 3 is 2.68 bits per heavy atom. The second-order valence-electron chi connectivity index (χ2n) is 5.78. The molecule has 5 nitrogen and oxygen atoms in total. The molecule has 2 rings (SSSR count). The highest BCUT2D eigenvalue weighted by Crippen LogP contribution is 2.36. The van der Waals surface area contributed by atoms with Crippen molar-refractivity contribution in [2.24, 2.45) is 5.92 Å². The van der Waals surface area contributed by atoms with Gasteiger partial charge in [0, 0.05) is 18.8 Å². The summed E-state index contributed by atoms with van der Waals surface area (Å²) in [6, 6.07) is 3.11. The summed E-state index contributed by atoms with van der Waals surface area (Å²) in [7, 11) is -3.41. The molecule has 0 aliphatic carbocycles. The van der Waals surface area contributed by atoms with Gasteiger partial charge in [0.1, 0.15) is 0 Å². The Labute approximate surface area is 149 Å². The lowest BCUT2D eigenvalue weighted by molar-refractivity contribution is -0.137. The molecule has 1 aromatic carbocycles. The van der Waals surface area contributed by atoms with E-state index < -0.39 is 38.6 Å². The lowest BCUT2D eigenvalue weighted by atomic mass is 9.98. The Bertz CT molecular complexity index is 753. The minimum atomic E-state index is -4.63. The van der Waals surface area contributed by atoms with Crippen LogP contribution in [-0.4, -0.2) is 37.5 Å². The van der Waals surface area contributed by atoms with E-state index in [1.54, 1.807) is 0 Å². The fourth-order valence-electron chi connectivity index (χ4n) is 2.66. The molecule has 0 saturated carbocycles. The maximum absolute atomic E-state index is 12.9. The fourth-order valence-corrected chi connectivity index (χ4v) is 4.06. The number of piperidine rings is 1. The number of anilines is 1. The molecule has 0 unspecified atom stereocenters. The Morgan fingerprint density at radius 1 is 1.40 bits per heavy atom. The summed E-state index contributed by atoms with van der Waals surface area (Å²) in [6.07, 6.45) is -3.64. The van der Waals surface area contributed by atoms with Gasteiger partial charge >= 0.3 is 6.18 Å². The number of sulfonamides is 1. The quantitative estimate of drug-likeness (QED) is 0.845. The average molecular weight is 399 g/mol. The van der Waals surface area contributed by atoms with Crippen molar-refractivity contribution in [3.05, 3.63) is 28.8 Å². The first-order chi connectivity index (χ1) is 11.5. The summed E-state index contributed by atoms with van der Waals surface area (Å²) in [5.74, 6) is -1.18. The molecule has 1 heterocycles. The first kappa shape index (κ1) is 20.0. The summed E-state index contributed by atoms with van der Waals surface area (Å²) in [6.45, 7) is 1.90. The maximum Gasteiger partial charge on any atom is 0.417 e. The fraction of sp³-hybridized carbons (Fsp3) is 0.533. The zero-order valence-electron chi connectivity index (χ0n) is 13.4. The lowest BCUT2D eigenvalue weighted by Gasteiger charge is -2.30. The third-order valence-corrected chi connectivity index (χ3v) is 6.23. The van der Waals surface area contributed by atoms with Crippen molar-refractivity contribution in [3.63, 3.8) is 0 Å². The minimum Gasteiger partial charge on any atom is -0.326 e. The molecule has 0 bridgehead atoms. The van der Waals surface area contributed by atoms with E-state index in [0.717, 1.165) is 12.1 Å². The van der Waals surface area contributed by atoms with Gasteiger partial charge in [-0.3, -0.25) is 4.79 Å². The highest BCUT2D eigenvalue weighted by molar-refractivity contribution is 7.89. The molecule has 1 aliphatic heterocycles. The number of hydrogen-bond acceptors (Lipinski definition) is 3. The van der Waals surface area contributed by atoms with Crippen LogP contribution in [0.15, 0.2) is 18.2 Å². The zero-order valence-corrected chi connectivity index (χ0v) is 15.0. The molecule has 1 aliphatic rings. The van der Waals surface area contributed by atoms with Gasteiger partial charge in [-0.15, -0.1) is 0 Å². The molecule has 0 radical (unpaired) electrons. The molecule has 0 aromatic heterocycles. The molecule has 1 aromatic rings. The third kappa shape index (κ3) is 4.86. The summed E-state index contributed by atoms with van der Waals surface area (Å²) in [5, 5.41) is 1.97. The number of rotatable bonds is 4. The van der Waals surface area contributed by atoms with Crippen LogP contribution in [0.4, 0.5) is 18.9 Å². The van der Waals surface area contributed by atoms with Crippen molar-refractivity contribution in [1.29, 1.82) is 0 Å². The Balaban J connectivity index is 2.12. The van der Waals surface area contributed by atoms with Gasteiger partial charge in [0.2, 0.25) is 15.9 Å². The molecule has 1 saturated heterocycles. The maximum atomic E-state index is 12.9. The van der Waals surface area contributed by atoms with Crippen LogP contribution in [0, 0.1) is 5.92 Å². The number of carbonyl (C=O) groups excluding carboxylic acids is 1. The number of amides is 1. The minimum absolute atomic E-state index is 0.0295. The monoisotopic (exact) mass is 398 g/mol. The number of hydrogen-bond donors (Lipinski definition) is 1. The molecular formula is C15H18ClF3N2O3S. The SMILES string of the molecule is CCS(=O)(=O)N1CCC[C@H](C(=O)Nc2ccc(Cl)c(C(F)(F)F)c2)C1. The lowest BCUT2D eigenvalue weighted by Crippen LogP contribution is -2.44. The number of alkyl halides is 3. The van der Waals surface area contributed by atoms with Crippen LogP contribution < -0.4 is 5.32 Å². The van der Waals surface area contributed by atoms with E-state index in [9.17, 15) is 26.4 Å². The predicted octanol–water partition coefficient (Wildman–Crippen LogP) is 3.36. The molecule has 1 N–H and O–H groups in total. The molecule has 1 atom stereocenters. The Kier molecular flexibility index (Phi) is 6.01. The van der Waals surface area contributed by atoms with Crippen LogP contribution in [0.3, 0.4) is 0 Å². The predicted molar refractivity (Wildman–Crippen MR) is 88.8 cm³/mol. The van der Waals surface area contributed by atoms with Crippen LogP contribution in [0.5, 0.6) is 0 Å². The number of nitrogens with zero attached hydrogens (tertiary/aromatic N) is 1. The first-order valence-corrected chi connectivity index (χ1v) is 9.68. The van der Waals surface area contributed by atoms with Crippen molar-refractivity contribution in [2.45, 2.75) is 25.9 Å². The molecule has 25 heavy (non-hydrogen) atoms. The summed E-state index contributed by atoms with van der Waals surface area (Å²) in [5.41, 5.74) is -1.07. The third-order valence-electron chi connectivity index (χ3n) is 4.05. The number of halogens is 4. The van der Waals surface area contributed by atoms with Gasteiger partial charge in [0.15, 0.2) is 0 Å². The smallest absolute Gasteiger partial charge is 0.326 e. The van der Waals surface area contributed by atoms with Crippen molar-refractivity contribution < 1.29 is 26.4 Å². The summed E-state index contributed by atoms with van der Waals surface area (Å²) in [4.78, 5) is 12.3. The largest absolute Gasteiger partial charge is 0.417 e. The van der Waals surface area contributed by atoms with Gasteiger partial charge in [0.05, 0.1) is 22.3 Å². The second-order valence-corrected chi connectivity index (χ2v) is 8.44. The number of carbonyl (C=O) groups is 1. The molecule has 1 amide bonds. The van der Waals surface area contributed by atoms with Gasteiger partial charge < -0.3 is 5.32 Å². The Morgan fingerprint density at radius 2 is 2.08 bits per heavy atom. The van der Waals surface area contributed by atoms with Crippen molar-refractivity contribution in [1.82, 2.24) is 4.31 Å². The van der Waals surface area contributed by atoms with Crippen LogP contribution in [0.2, 0.25) is 5.02 Å². The molecule has 1 fully saturated rings.